The smallest absolute Gasteiger partial charge is 0.271 e. The van der Waals surface area contributed by atoms with Crippen LogP contribution in [-0.4, -0.2) is 36.0 Å². The zero-order valence-corrected chi connectivity index (χ0v) is 17.9. The molecule has 0 radical (unpaired) electrons. The number of rotatable bonds is 4. The number of fused-ring (bicyclic) bond motifs is 1. The van der Waals surface area contributed by atoms with Gasteiger partial charge in [0.25, 0.3) is 11.8 Å². The summed E-state index contributed by atoms with van der Waals surface area (Å²) >= 11 is 4.76. The Morgan fingerprint density at radius 1 is 1.24 bits per heavy atom. The molecular formula is C21H18BrN3O3S. The second-order valence-corrected chi connectivity index (χ2v) is 8.31. The first-order chi connectivity index (χ1) is 14.0. The summed E-state index contributed by atoms with van der Waals surface area (Å²) in [4.78, 5) is 31.5. The van der Waals surface area contributed by atoms with Gasteiger partial charge in [0, 0.05) is 23.3 Å². The number of benzene rings is 2. The second kappa shape index (κ2) is 8.34. The first-order valence-electron chi connectivity index (χ1n) is 8.99. The maximum atomic E-state index is 13.3. The third-order valence-corrected chi connectivity index (χ3v) is 5.89. The number of thiazole rings is 1. The third kappa shape index (κ3) is 4.18. The number of para-hydroxylation sites is 2. The molecule has 4 rings (SSSR count). The third-order valence-electron chi connectivity index (χ3n) is 4.78. The van der Waals surface area contributed by atoms with Gasteiger partial charge >= 0.3 is 0 Å². The van der Waals surface area contributed by atoms with Crippen LogP contribution in [0.25, 0.3) is 0 Å². The van der Waals surface area contributed by atoms with Crippen molar-refractivity contribution in [2.45, 2.75) is 18.6 Å². The lowest BCUT2D eigenvalue weighted by Gasteiger charge is -2.26. The van der Waals surface area contributed by atoms with Gasteiger partial charge in [0.05, 0.1) is 11.2 Å². The molecule has 2 atom stereocenters. The lowest BCUT2D eigenvalue weighted by molar-refractivity contribution is -0.121. The molecule has 0 aliphatic carbocycles. The van der Waals surface area contributed by atoms with E-state index in [0.29, 0.717) is 17.9 Å². The molecule has 6 nitrogen and oxygen atoms in total. The number of aromatic nitrogens is 1. The molecule has 1 aliphatic rings. The highest BCUT2D eigenvalue weighted by molar-refractivity contribution is 9.10. The van der Waals surface area contributed by atoms with Crippen molar-refractivity contribution in [3.63, 3.8) is 0 Å². The summed E-state index contributed by atoms with van der Waals surface area (Å²) in [6.07, 6.45) is -0.110. The van der Waals surface area contributed by atoms with E-state index in [-0.39, 0.29) is 11.6 Å². The number of carbonyl (C=O) groups excluding carboxylic acids is 2. The van der Waals surface area contributed by atoms with E-state index in [1.807, 2.05) is 48.5 Å². The number of nitrogens with zero attached hydrogens (tertiary/aromatic N) is 2. The SMILES string of the molecule is CN1C(=O)[C@@H](NC(=O)c2cscn2)[C@H](Cc2ccc(Br)cc2)Oc2ccccc21. The molecule has 2 heterocycles. The quantitative estimate of drug-likeness (QED) is 0.629. The molecule has 1 aromatic heterocycles. The standard InChI is InChI=1S/C21H18BrN3O3S/c1-25-16-4-2-3-5-17(16)28-18(10-13-6-8-14(22)9-7-13)19(21(25)27)24-20(26)15-11-29-12-23-15/h2-9,11-12,18-19H,10H2,1H3,(H,24,26)/t18-,19-/m0/s1. The van der Waals surface area contributed by atoms with Crippen LogP contribution in [0.4, 0.5) is 5.69 Å². The van der Waals surface area contributed by atoms with Crippen molar-refractivity contribution in [2.75, 3.05) is 11.9 Å². The van der Waals surface area contributed by atoms with E-state index in [0.717, 1.165) is 10.0 Å². The number of anilines is 1. The number of amides is 2. The molecule has 0 saturated heterocycles. The molecule has 0 spiro atoms. The van der Waals surface area contributed by atoms with E-state index in [9.17, 15) is 9.59 Å². The number of hydrogen-bond acceptors (Lipinski definition) is 5. The van der Waals surface area contributed by atoms with Gasteiger partial charge in [-0.05, 0) is 29.8 Å². The van der Waals surface area contributed by atoms with Gasteiger partial charge in [0.2, 0.25) is 0 Å². The van der Waals surface area contributed by atoms with Crippen molar-refractivity contribution < 1.29 is 14.3 Å². The number of nitrogens with one attached hydrogen (secondary N) is 1. The van der Waals surface area contributed by atoms with Gasteiger partial charge in [-0.2, -0.15) is 0 Å². The number of halogens is 1. The van der Waals surface area contributed by atoms with Crippen LogP contribution in [0.1, 0.15) is 16.1 Å². The van der Waals surface area contributed by atoms with E-state index >= 15 is 0 Å². The first-order valence-corrected chi connectivity index (χ1v) is 10.7. The molecule has 0 fully saturated rings. The second-order valence-electron chi connectivity index (χ2n) is 6.68. The van der Waals surface area contributed by atoms with Crippen LogP contribution < -0.4 is 15.0 Å². The summed E-state index contributed by atoms with van der Waals surface area (Å²) in [6, 6.07) is 14.3. The zero-order valence-electron chi connectivity index (χ0n) is 15.5. The Labute approximate surface area is 180 Å². The summed E-state index contributed by atoms with van der Waals surface area (Å²) in [6.45, 7) is 0. The number of carbonyl (C=O) groups is 2. The molecule has 148 valence electrons. The maximum absolute atomic E-state index is 13.3. The average molecular weight is 472 g/mol. The van der Waals surface area contributed by atoms with Gasteiger partial charge in [-0.3, -0.25) is 9.59 Å². The highest BCUT2D eigenvalue weighted by atomic mass is 79.9. The maximum Gasteiger partial charge on any atom is 0.271 e. The van der Waals surface area contributed by atoms with E-state index in [1.54, 1.807) is 17.9 Å². The van der Waals surface area contributed by atoms with Crippen LogP contribution in [-0.2, 0) is 11.2 Å². The van der Waals surface area contributed by atoms with Gasteiger partial charge < -0.3 is 15.0 Å². The van der Waals surface area contributed by atoms with Crippen molar-refractivity contribution in [3.8, 4) is 5.75 Å². The van der Waals surface area contributed by atoms with Gasteiger partial charge in [0.15, 0.2) is 0 Å². The molecule has 1 aliphatic heterocycles. The molecule has 1 N–H and O–H groups in total. The van der Waals surface area contributed by atoms with Crippen LogP contribution in [0.15, 0.2) is 63.9 Å². The molecular weight excluding hydrogens is 454 g/mol. The Morgan fingerprint density at radius 2 is 2.00 bits per heavy atom. The van der Waals surface area contributed by atoms with Crippen molar-refractivity contribution in [1.29, 1.82) is 0 Å². The largest absolute Gasteiger partial charge is 0.485 e. The molecule has 0 bridgehead atoms. The average Bonchev–Trinajstić information content (AvgIpc) is 3.25. The number of likely N-dealkylation sites (N-methyl/N-ethyl adjacent to an activating group) is 1. The molecule has 0 saturated carbocycles. The van der Waals surface area contributed by atoms with E-state index in [2.05, 4.69) is 26.2 Å². The van der Waals surface area contributed by atoms with Crippen LogP contribution in [0.5, 0.6) is 5.75 Å². The Kier molecular flexibility index (Phi) is 5.64. The minimum Gasteiger partial charge on any atom is -0.485 e. The van der Waals surface area contributed by atoms with E-state index in [4.69, 9.17) is 4.74 Å². The van der Waals surface area contributed by atoms with Crippen molar-refractivity contribution in [3.05, 3.63) is 75.2 Å². The molecule has 29 heavy (non-hydrogen) atoms. The van der Waals surface area contributed by atoms with Gasteiger partial charge in [-0.25, -0.2) is 4.98 Å². The first kappa shape index (κ1) is 19.6. The highest BCUT2D eigenvalue weighted by Crippen LogP contribution is 2.33. The molecule has 8 heteroatoms. The van der Waals surface area contributed by atoms with Gasteiger partial charge in [-0.15, -0.1) is 11.3 Å². The van der Waals surface area contributed by atoms with Gasteiger partial charge in [-0.1, -0.05) is 40.2 Å². The topological polar surface area (TPSA) is 71.5 Å². The fraction of sp³-hybridized carbons (Fsp3) is 0.190. The van der Waals surface area contributed by atoms with E-state index < -0.39 is 18.1 Å². The fourth-order valence-corrected chi connectivity index (χ4v) is 4.05. The predicted molar refractivity (Wildman–Crippen MR) is 115 cm³/mol. The Bertz CT molecular complexity index is 1020. The molecule has 2 amide bonds. The van der Waals surface area contributed by atoms with Crippen LogP contribution in [0.3, 0.4) is 0 Å². The number of hydrogen-bond donors (Lipinski definition) is 1. The lowest BCUT2D eigenvalue weighted by Crippen LogP contribution is -2.54. The van der Waals surface area contributed by atoms with Crippen molar-refractivity contribution in [2.24, 2.45) is 0 Å². The summed E-state index contributed by atoms with van der Waals surface area (Å²) in [5, 5.41) is 4.49. The van der Waals surface area contributed by atoms with E-state index in [1.165, 1.54) is 16.2 Å². The van der Waals surface area contributed by atoms with Crippen LogP contribution in [0.2, 0.25) is 0 Å². The Morgan fingerprint density at radius 3 is 2.72 bits per heavy atom. The summed E-state index contributed by atoms with van der Waals surface area (Å²) < 4.78 is 7.23. The predicted octanol–water partition coefficient (Wildman–Crippen LogP) is 3.67. The number of ether oxygens (including phenoxy) is 1. The summed E-state index contributed by atoms with van der Waals surface area (Å²) in [7, 11) is 1.69. The minimum absolute atomic E-state index is 0.236. The summed E-state index contributed by atoms with van der Waals surface area (Å²) in [5.41, 5.74) is 3.54. The molecule has 0 unspecified atom stereocenters. The van der Waals surface area contributed by atoms with Crippen molar-refractivity contribution in [1.82, 2.24) is 10.3 Å². The lowest BCUT2D eigenvalue weighted by atomic mass is 10.0. The highest BCUT2D eigenvalue weighted by Gasteiger charge is 2.38. The normalized spacial score (nSPS) is 18.6. The summed E-state index contributed by atoms with van der Waals surface area (Å²) in [5.74, 6) is -0.0233. The minimum atomic E-state index is -0.856. The van der Waals surface area contributed by atoms with Crippen LogP contribution >= 0.6 is 27.3 Å². The van der Waals surface area contributed by atoms with Crippen LogP contribution in [0, 0.1) is 0 Å². The van der Waals surface area contributed by atoms with Crippen molar-refractivity contribution >= 4 is 44.8 Å². The Balaban J connectivity index is 1.68. The molecule has 3 aromatic rings. The van der Waals surface area contributed by atoms with Gasteiger partial charge in [0.1, 0.15) is 23.6 Å². The molecule has 2 aromatic carbocycles. The zero-order chi connectivity index (χ0) is 20.4. The fourth-order valence-electron chi connectivity index (χ4n) is 3.26. The Hall–Kier alpha value is -2.71. The monoisotopic (exact) mass is 471 g/mol.